The number of rotatable bonds is 10. The third-order valence-corrected chi connectivity index (χ3v) is 10.1. The van der Waals surface area contributed by atoms with Crippen LogP contribution in [-0.4, -0.2) is 109 Å². The van der Waals surface area contributed by atoms with E-state index in [9.17, 15) is 19.2 Å². The van der Waals surface area contributed by atoms with Crippen molar-refractivity contribution < 1.29 is 19.2 Å². The van der Waals surface area contributed by atoms with Gasteiger partial charge in [0.1, 0.15) is 0 Å². The molecular weight excluding hydrogens is 674 g/mol. The largest absolute Gasteiger partial charge is 0.388 e. The molecule has 3 fully saturated rings. The molecule has 5 amide bonds. The van der Waals surface area contributed by atoms with Gasteiger partial charge in [0.15, 0.2) is 0 Å². The molecule has 0 atom stereocenters. The Balaban J connectivity index is 0.000000220. The predicted molar refractivity (Wildman–Crippen MR) is 194 cm³/mol. The molecule has 2 aromatic carbocycles. The first kappa shape index (κ1) is 37.2. The molecule has 3 N–H and O–H groups in total. The number of hydrogen-bond donors (Lipinski definition) is 3. The fraction of sp³-hybridized carbons (Fsp3) is 0.556. The van der Waals surface area contributed by atoms with Crippen LogP contribution in [-0.2, 0) is 20.9 Å². The first-order valence-corrected chi connectivity index (χ1v) is 18.2. The van der Waals surface area contributed by atoms with E-state index in [0.29, 0.717) is 24.7 Å². The van der Waals surface area contributed by atoms with E-state index in [0.717, 1.165) is 74.0 Å². The summed E-state index contributed by atoms with van der Waals surface area (Å²) in [7, 11) is 1.89. The van der Waals surface area contributed by atoms with Crippen molar-refractivity contribution in [1.82, 2.24) is 24.9 Å². The molecule has 2 aromatic rings. The van der Waals surface area contributed by atoms with E-state index in [1.807, 2.05) is 71.1 Å². The van der Waals surface area contributed by atoms with E-state index in [1.165, 1.54) is 32.4 Å². The normalized spacial score (nSPS) is 17.5. The summed E-state index contributed by atoms with van der Waals surface area (Å²) in [5.41, 5.74) is 2.85. The summed E-state index contributed by atoms with van der Waals surface area (Å²) in [6, 6.07) is 15.8. The monoisotopic (exact) mass is 725 g/mol. The summed E-state index contributed by atoms with van der Waals surface area (Å²) < 4.78 is 0.892. The van der Waals surface area contributed by atoms with Gasteiger partial charge in [-0.25, -0.2) is 4.79 Å². The van der Waals surface area contributed by atoms with E-state index < -0.39 is 0 Å². The molecule has 3 saturated heterocycles. The highest BCUT2D eigenvalue weighted by Crippen LogP contribution is 2.23. The van der Waals surface area contributed by atoms with Crippen LogP contribution in [0, 0.1) is 0 Å². The van der Waals surface area contributed by atoms with Crippen molar-refractivity contribution in [2.75, 3.05) is 63.5 Å². The molecule has 0 bridgehead atoms. The first-order valence-electron chi connectivity index (χ1n) is 17.4. The molecule has 11 nitrogen and oxygen atoms in total. The summed E-state index contributed by atoms with van der Waals surface area (Å²) in [5, 5.41) is 8.55. The van der Waals surface area contributed by atoms with Gasteiger partial charge in [-0.3, -0.25) is 14.4 Å². The van der Waals surface area contributed by atoms with Crippen LogP contribution in [0.1, 0.15) is 63.9 Å². The number of benzene rings is 2. The van der Waals surface area contributed by atoms with Crippen LogP contribution in [0.3, 0.4) is 0 Å². The quantitative estimate of drug-likeness (QED) is 0.293. The number of urea groups is 1. The number of anilines is 2. The lowest BCUT2D eigenvalue weighted by molar-refractivity contribution is -0.133. The van der Waals surface area contributed by atoms with Gasteiger partial charge in [0.2, 0.25) is 18.2 Å². The Labute approximate surface area is 293 Å². The van der Waals surface area contributed by atoms with Crippen LogP contribution < -0.4 is 16.0 Å². The molecule has 0 unspecified atom stereocenters. The molecule has 0 aromatic heterocycles. The second-order valence-corrected chi connectivity index (χ2v) is 13.6. The van der Waals surface area contributed by atoms with Crippen LogP contribution in [0.15, 0.2) is 53.0 Å². The molecular formula is C36H52BrN7O4. The number of hydrogen-bond acceptors (Lipinski definition) is 6. The lowest BCUT2D eigenvalue weighted by atomic mass is 10.00. The molecule has 48 heavy (non-hydrogen) atoms. The fourth-order valence-electron chi connectivity index (χ4n) is 6.79. The highest BCUT2D eigenvalue weighted by molar-refractivity contribution is 9.10. The van der Waals surface area contributed by atoms with Crippen molar-refractivity contribution >= 4 is 51.6 Å². The minimum atomic E-state index is -0.361. The number of para-hydroxylation sites is 1. The SMILES string of the molecule is CCC(=O)N1CCC(N(C=O)Cc2ccccc2NC)CC1.O=C(NCC(=O)N1CCC(N2CCCCC2)CC1)Nc1cccc(Br)c1. The number of halogens is 1. The van der Waals surface area contributed by atoms with Crippen LogP contribution in [0.4, 0.5) is 16.2 Å². The zero-order valence-corrected chi connectivity index (χ0v) is 30.1. The maximum Gasteiger partial charge on any atom is 0.319 e. The Hall–Kier alpha value is -3.64. The van der Waals surface area contributed by atoms with E-state index in [2.05, 4.69) is 36.8 Å². The molecule has 3 heterocycles. The zero-order valence-electron chi connectivity index (χ0n) is 28.5. The van der Waals surface area contributed by atoms with Gasteiger partial charge in [-0.15, -0.1) is 0 Å². The Morgan fingerprint density at radius 3 is 2.19 bits per heavy atom. The van der Waals surface area contributed by atoms with E-state index in [1.54, 1.807) is 6.07 Å². The van der Waals surface area contributed by atoms with Gasteiger partial charge < -0.3 is 35.6 Å². The van der Waals surface area contributed by atoms with Gasteiger partial charge in [0.05, 0.1) is 6.54 Å². The number of nitrogens with zero attached hydrogens (tertiary/aromatic N) is 4. The average molecular weight is 727 g/mol. The van der Waals surface area contributed by atoms with Crippen molar-refractivity contribution in [3.05, 3.63) is 58.6 Å². The summed E-state index contributed by atoms with van der Waals surface area (Å²) in [6.45, 7) is 8.00. The molecule has 262 valence electrons. The third-order valence-electron chi connectivity index (χ3n) is 9.57. The molecule has 0 spiro atoms. The van der Waals surface area contributed by atoms with Crippen molar-refractivity contribution in [1.29, 1.82) is 0 Å². The third kappa shape index (κ3) is 11.2. The van der Waals surface area contributed by atoms with Gasteiger partial charge in [0.25, 0.3) is 0 Å². The lowest BCUT2D eigenvalue weighted by Gasteiger charge is -2.40. The van der Waals surface area contributed by atoms with Crippen molar-refractivity contribution in [3.8, 4) is 0 Å². The second kappa shape index (κ2) is 19.4. The maximum absolute atomic E-state index is 12.4. The van der Waals surface area contributed by atoms with Crippen LogP contribution in [0.25, 0.3) is 0 Å². The predicted octanol–water partition coefficient (Wildman–Crippen LogP) is 5.14. The minimum absolute atomic E-state index is 0.00788. The van der Waals surface area contributed by atoms with Crippen molar-refractivity contribution in [3.63, 3.8) is 0 Å². The molecule has 0 radical (unpaired) electrons. The zero-order chi connectivity index (χ0) is 34.3. The molecule has 12 heteroatoms. The topological polar surface area (TPSA) is 117 Å². The van der Waals surface area contributed by atoms with Crippen molar-refractivity contribution in [2.45, 2.75) is 76.9 Å². The van der Waals surface area contributed by atoms with Crippen molar-refractivity contribution in [2.24, 2.45) is 0 Å². The van der Waals surface area contributed by atoms with Gasteiger partial charge in [-0.05, 0) is 81.4 Å². The van der Waals surface area contributed by atoms with Gasteiger partial charge >= 0.3 is 6.03 Å². The highest BCUT2D eigenvalue weighted by Gasteiger charge is 2.28. The Bertz CT molecular complexity index is 1340. The van der Waals surface area contributed by atoms with Gasteiger partial charge in [0, 0.05) is 74.1 Å². The number of amides is 5. The minimum Gasteiger partial charge on any atom is -0.388 e. The average Bonchev–Trinajstić information content (AvgIpc) is 3.13. The number of likely N-dealkylation sites (tertiary alicyclic amines) is 3. The summed E-state index contributed by atoms with van der Waals surface area (Å²) in [4.78, 5) is 55.8. The smallest absolute Gasteiger partial charge is 0.319 e. The van der Waals surface area contributed by atoms with Gasteiger partial charge in [-0.2, -0.15) is 0 Å². The highest BCUT2D eigenvalue weighted by atomic mass is 79.9. The summed E-state index contributed by atoms with van der Waals surface area (Å²) >= 11 is 3.36. The summed E-state index contributed by atoms with van der Waals surface area (Å²) in [5.74, 6) is 0.197. The number of piperidine rings is 3. The standard InChI is InChI=1S/C19H27BrN4O2.C17H25N3O2/c20-15-5-4-6-16(13-15)22-19(26)21-14-18(25)24-11-7-17(8-12-24)23-9-2-1-3-10-23;1-3-17(22)19-10-8-15(9-11-19)20(13-21)12-14-6-4-5-7-16(14)18-2/h4-6,13,17H,1-3,7-12,14H2,(H2,21,22,26);4-7,13,15,18H,3,8-12H2,1-2H3. The van der Waals surface area contributed by atoms with E-state index >= 15 is 0 Å². The van der Waals surface area contributed by atoms with E-state index in [-0.39, 0.29) is 30.4 Å². The number of carbonyl (C=O) groups is 4. The molecule has 5 rings (SSSR count). The Morgan fingerprint density at radius 2 is 1.54 bits per heavy atom. The lowest BCUT2D eigenvalue weighted by Crippen LogP contribution is -2.50. The van der Waals surface area contributed by atoms with E-state index in [4.69, 9.17) is 0 Å². The summed E-state index contributed by atoms with van der Waals surface area (Å²) in [6.07, 6.45) is 9.23. The number of nitrogens with one attached hydrogen (secondary N) is 3. The fourth-order valence-corrected chi connectivity index (χ4v) is 7.19. The molecule has 3 aliphatic rings. The van der Waals surface area contributed by atoms with Crippen LogP contribution in [0.2, 0.25) is 0 Å². The molecule has 0 aliphatic carbocycles. The molecule has 0 saturated carbocycles. The molecule has 3 aliphatic heterocycles. The maximum atomic E-state index is 12.4. The Kier molecular flexibility index (Phi) is 15.0. The van der Waals surface area contributed by atoms with Crippen LogP contribution in [0.5, 0.6) is 0 Å². The Morgan fingerprint density at radius 1 is 0.875 bits per heavy atom. The first-order chi connectivity index (χ1) is 23.3. The second-order valence-electron chi connectivity index (χ2n) is 12.7. The van der Waals surface area contributed by atoms with Gasteiger partial charge in [-0.1, -0.05) is 53.5 Å². The van der Waals surface area contributed by atoms with Crippen LogP contribution >= 0.6 is 15.9 Å². The number of carbonyl (C=O) groups excluding carboxylic acids is 4.